The Hall–Kier alpha value is -4.64. The van der Waals surface area contributed by atoms with Crippen molar-refractivity contribution in [2.24, 2.45) is 0 Å². The molecule has 0 aliphatic carbocycles. The van der Waals surface area contributed by atoms with Gasteiger partial charge in [0.05, 0.1) is 31.4 Å². The molecule has 4 heterocycles. The second kappa shape index (κ2) is 14.6. The van der Waals surface area contributed by atoms with Crippen molar-refractivity contribution in [3.63, 3.8) is 0 Å². The summed E-state index contributed by atoms with van der Waals surface area (Å²) >= 11 is 0. The molecular formula is C35H41N5O6. The van der Waals surface area contributed by atoms with Crippen LogP contribution < -0.4 is 25.0 Å². The van der Waals surface area contributed by atoms with Crippen LogP contribution in [-0.4, -0.2) is 79.6 Å². The van der Waals surface area contributed by atoms with E-state index in [2.05, 4.69) is 20.5 Å². The van der Waals surface area contributed by atoms with E-state index in [0.29, 0.717) is 67.5 Å². The fourth-order valence-corrected chi connectivity index (χ4v) is 6.21. The number of hydrogen-bond acceptors (Lipinski definition) is 8. The Balaban J connectivity index is 1.17. The van der Waals surface area contributed by atoms with Crippen LogP contribution in [0.1, 0.15) is 64.8 Å². The molecule has 4 bridgehead atoms. The summed E-state index contributed by atoms with van der Waals surface area (Å²) in [6.45, 7) is 3.47. The topological polar surface area (TPSA) is 122 Å². The minimum absolute atomic E-state index is 0.0282. The van der Waals surface area contributed by atoms with Gasteiger partial charge in [0.15, 0.2) is 0 Å². The van der Waals surface area contributed by atoms with Gasteiger partial charge in [-0.2, -0.15) is 0 Å². The number of benzene rings is 2. The first-order valence-electron chi connectivity index (χ1n) is 16.1. The lowest BCUT2D eigenvalue weighted by atomic mass is 10.0. The van der Waals surface area contributed by atoms with Crippen molar-refractivity contribution >= 4 is 23.5 Å². The summed E-state index contributed by atoms with van der Waals surface area (Å²) in [5.74, 6) is 2.00. The lowest BCUT2D eigenvalue weighted by molar-refractivity contribution is -0.123. The predicted octanol–water partition coefficient (Wildman–Crippen LogP) is 4.31. The molecule has 2 atom stereocenters. The average Bonchev–Trinajstić information content (AvgIpc) is 3.09. The SMILES string of the molecule is COc1cc2cc(c1)C(=O)NCCCC(=O)N[C@H]1CN(c3ccc(C(=O)N4CCCCC4)cn3)CC[C@@H]1OCc1cccc(c1)O2. The summed E-state index contributed by atoms with van der Waals surface area (Å²) in [7, 11) is 1.54. The highest BCUT2D eigenvalue weighted by Gasteiger charge is 2.32. The van der Waals surface area contributed by atoms with Crippen molar-refractivity contribution in [3.8, 4) is 17.2 Å². The van der Waals surface area contributed by atoms with Gasteiger partial charge in [-0.15, -0.1) is 0 Å². The zero-order valence-electron chi connectivity index (χ0n) is 26.2. The molecule has 2 fully saturated rings. The van der Waals surface area contributed by atoms with Crippen molar-refractivity contribution < 1.29 is 28.6 Å². The Kier molecular flexibility index (Phi) is 9.97. The van der Waals surface area contributed by atoms with E-state index in [1.165, 1.54) is 6.42 Å². The van der Waals surface area contributed by atoms with E-state index in [-0.39, 0.29) is 36.3 Å². The van der Waals surface area contributed by atoms with Crippen molar-refractivity contribution in [2.75, 3.05) is 44.7 Å². The molecule has 3 aromatic rings. The Bertz CT molecular complexity index is 1540. The van der Waals surface area contributed by atoms with Gasteiger partial charge in [0.1, 0.15) is 23.1 Å². The van der Waals surface area contributed by atoms with Crippen LogP contribution in [0.2, 0.25) is 0 Å². The van der Waals surface area contributed by atoms with E-state index in [4.69, 9.17) is 14.2 Å². The predicted molar refractivity (Wildman–Crippen MR) is 172 cm³/mol. The molecule has 46 heavy (non-hydrogen) atoms. The van der Waals surface area contributed by atoms with Crippen molar-refractivity contribution in [2.45, 2.75) is 57.3 Å². The number of ether oxygens (including phenoxy) is 3. The molecule has 0 saturated carbocycles. The molecule has 2 saturated heterocycles. The summed E-state index contributed by atoms with van der Waals surface area (Å²) in [6.07, 6.45) is 6.10. The third kappa shape index (κ3) is 7.77. The largest absolute Gasteiger partial charge is 0.497 e. The van der Waals surface area contributed by atoms with Gasteiger partial charge in [0.2, 0.25) is 5.91 Å². The number of aromatic nitrogens is 1. The molecule has 2 aromatic carbocycles. The Morgan fingerprint density at radius 1 is 0.978 bits per heavy atom. The van der Waals surface area contributed by atoms with Crippen LogP contribution in [0.4, 0.5) is 5.82 Å². The Morgan fingerprint density at radius 2 is 1.85 bits per heavy atom. The lowest BCUT2D eigenvalue weighted by Crippen LogP contribution is -2.56. The minimum atomic E-state index is -0.280. The van der Waals surface area contributed by atoms with Crippen LogP contribution in [-0.2, 0) is 16.1 Å². The number of piperidine rings is 2. The van der Waals surface area contributed by atoms with Gasteiger partial charge in [-0.25, -0.2) is 4.98 Å². The maximum atomic E-state index is 13.1. The summed E-state index contributed by atoms with van der Waals surface area (Å²) < 4.78 is 18.0. The monoisotopic (exact) mass is 627 g/mol. The molecule has 2 N–H and O–H groups in total. The molecular weight excluding hydrogens is 586 g/mol. The summed E-state index contributed by atoms with van der Waals surface area (Å²) in [6, 6.07) is 16.1. The van der Waals surface area contributed by atoms with E-state index in [9.17, 15) is 14.4 Å². The van der Waals surface area contributed by atoms with Gasteiger partial charge >= 0.3 is 0 Å². The van der Waals surface area contributed by atoms with Crippen molar-refractivity contribution in [1.29, 1.82) is 0 Å². The third-order valence-corrected chi connectivity index (χ3v) is 8.70. The van der Waals surface area contributed by atoms with Gasteiger partial charge in [0.25, 0.3) is 11.8 Å². The van der Waals surface area contributed by atoms with E-state index in [1.54, 1.807) is 31.5 Å². The molecule has 0 radical (unpaired) electrons. The Labute approximate surface area is 269 Å². The molecule has 242 valence electrons. The lowest BCUT2D eigenvalue weighted by Gasteiger charge is -2.39. The standard InChI is InChI=1S/C35H41N5O6/c1-44-28-18-26-19-29(20-28)46-27-8-5-7-24(17-27)23-45-31-12-16-40(22-30(31)38-33(41)9-6-13-36-34(26)42)32-11-10-25(21-37-32)35(43)39-14-3-2-4-15-39/h5,7-8,10-11,17-21,30-31H,2-4,6,9,12-16,22-23H2,1H3,(H,36,42)(H,38,41)/t30-,31-/m0/s1. The summed E-state index contributed by atoms with van der Waals surface area (Å²) in [4.78, 5) is 47.6. The molecule has 0 unspecified atom stereocenters. The first-order valence-corrected chi connectivity index (χ1v) is 16.1. The molecule has 3 aliphatic rings. The maximum Gasteiger partial charge on any atom is 0.255 e. The number of nitrogens with one attached hydrogen (secondary N) is 2. The number of fused-ring (bicyclic) bond motifs is 5. The number of amides is 3. The van der Waals surface area contributed by atoms with E-state index in [0.717, 1.165) is 37.3 Å². The van der Waals surface area contributed by atoms with Gasteiger partial charge in [0, 0.05) is 57.0 Å². The third-order valence-electron chi connectivity index (χ3n) is 8.70. The van der Waals surface area contributed by atoms with Gasteiger partial charge in [-0.1, -0.05) is 12.1 Å². The fourth-order valence-electron chi connectivity index (χ4n) is 6.21. The number of nitrogens with zero attached hydrogens (tertiary/aromatic N) is 3. The number of methoxy groups -OCH3 is 1. The second-order valence-electron chi connectivity index (χ2n) is 12.0. The highest BCUT2D eigenvalue weighted by Crippen LogP contribution is 2.29. The second-order valence-corrected chi connectivity index (χ2v) is 12.0. The van der Waals surface area contributed by atoms with Crippen LogP contribution in [0.5, 0.6) is 17.2 Å². The number of anilines is 1. The molecule has 11 nitrogen and oxygen atoms in total. The zero-order chi connectivity index (χ0) is 31.9. The molecule has 3 aliphatic heterocycles. The number of carbonyl (C=O) groups is 3. The first-order chi connectivity index (χ1) is 22.4. The van der Waals surface area contributed by atoms with Crippen molar-refractivity contribution in [1.82, 2.24) is 20.5 Å². The summed E-state index contributed by atoms with van der Waals surface area (Å²) in [5, 5.41) is 6.08. The van der Waals surface area contributed by atoms with E-state index >= 15 is 0 Å². The van der Waals surface area contributed by atoms with Crippen LogP contribution in [0.15, 0.2) is 60.8 Å². The zero-order valence-corrected chi connectivity index (χ0v) is 26.2. The molecule has 6 rings (SSSR count). The highest BCUT2D eigenvalue weighted by atomic mass is 16.5. The normalized spacial score (nSPS) is 21.1. The van der Waals surface area contributed by atoms with Gasteiger partial charge in [-0.05, 0) is 74.1 Å². The van der Waals surface area contributed by atoms with E-state index < -0.39 is 0 Å². The highest BCUT2D eigenvalue weighted by molar-refractivity contribution is 5.95. The van der Waals surface area contributed by atoms with Crippen LogP contribution in [0.3, 0.4) is 0 Å². The quantitative estimate of drug-likeness (QED) is 0.441. The average molecular weight is 628 g/mol. The first kappa shape index (κ1) is 31.3. The number of carbonyl (C=O) groups excluding carboxylic acids is 3. The molecule has 3 amide bonds. The van der Waals surface area contributed by atoms with Crippen LogP contribution in [0, 0.1) is 0 Å². The van der Waals surface area contributed by atoms with Crippen molar-refractivity contribution in [3.05, 3.63) is 77.5 Å². The smallest absolute Gasteiger partial charge is 0.255 e. The number of rotatable bonds is 3. The molecule has 0 spiro atoms. The van der Waals surface area contributed by atoms with Gasteiger partial charge < -0.3 is 34.6 Å². The van der Waals surface area contributed by atoms with E-state index in [1.807, 2.05) is 41.3 Å². The van der Waals surface area contributed by atoms with Crippen LogP contribution >= 0.6 is 0 Å². The summed E-state index contributed by atoms with van der Waals surface area (Å²) in [5.41, 5.74) is 1.92. The van der Waals surface area contributed by atoms with Gasteiger partial charge in [-0.3, -0.25) is 14.4 Å². The molecule has 1 aromatic heterocycles. The fraction of sp³-hybridized carbons (Fsp3) is 0.429. The minimum Gasteiger partial charge on any atom is -0.497 e. The number of pyridine rings is 1. The maximum absolute atomic E-state index is 13.1. The number of likely N-dealkylation sites (tertiary alicyclic amines) is 1. The number of hydrogen-bond donors (Lipinski definition) is 2. The van der Waals surface area contributed by atoms with Crippen LogP contribution in [0.25, 0.3) is 0 Å². The molecule has 11 heteroatoms. The Morgan fingerprint density at radius 3 is 2.65 bits per heavy atom.